The number of hydrazine groups is 1. The fraction of sp³-hybridized carbons (Fsp3) is 0.625. The van der Waals surface area contributed by atoms with Gasteiger partial charge in [-0.2, -0.15) is 13.2 Å². The highest BCUT2D eigenvalue weighted by Gasteiger charge is 2.25. The second-order valence-corrected chi connectivity index (χ2v) is 5.43. The monoisotopic (exact) mass is 302 g/mol. The van der Waals surface area contributed by atoms with Crippen LogP contribution in [0.3, 0.4) is 0 Å². The fourth-order valence-corrected chi connectivity index (χ4v) is 2.36. The molecule has 0 aliphatic rings. The zero-order valence-corrected chi connectivity index (χ0v) is 12.4. The van der Waals surface area contributed by atoms with E-state index in [0.717, 1.165) is 44.2 Å². The first-order valence-corrected chi connectivity index (χ1v) is 7.63. The molecule has 0 unspecified atom stereocenters. The molecule has 0 amide bonds. The Kier molecular flexibility index (Phi) is 8.20. The third-order valence-corrected chi connectivity index (χ3v) is 3.52. The van der Waals surface area contributed by atoms with E-state index >= 15 is 0 Å². The number of benzene rings is 1. The maximum atomic E-state index is 11.9. The molecule has 0 heterocycles. The minimum Gasteiger partial charge on any atom is -0.324 e. The summed E-state index contributed by atoms with van der Waals surface area (Å²) in [5.41, 5.74) is 4.80. The van der Waals surface area contributed by atoms with Gasteiger partial charge in [0.25, 0.3) is 0 Å². The normalized spacial score (nSPS) is 11.6. The summed E-state index contributed by atoms with van der Waals surface area (Å²) in [4.78, 5) is 0. The van der Waals surface area contributed by atoms with Gasteiger partial charge in [-0.05, 0) is 37.0 Å². The van der Waals surface area contributed by atoms with Crippen molar-refractivity contribution in [2.24, 2.45) is 5.84 Å². The summed E-state index contributed by atoms with van der Waals surface area (Å²) in [6.45, 7) is 0. The Morgan fingerprint density at radius 2 is 1.52 bits per heavy atom. The number of hydrogen-bond donors (Lipinski definition) is 2. The predicted octanol–water partition coefficient (Wildman–Crippen LogP) is 5.20. The van der Waals surface area contributed by atoms with E-state index in [-0.39, 0.29) is 6.42 Å². The third-order valence-electron chi connectivity index (χ3n) is 3.52. The smallest absolute Gasteiger partial charge is 0.324 e. The van der Waals surface area contributed by atoms with Crippen molar-refractivity contribution in [2.45, 2.75) is 64.0 Å². The molecule has 0 spiro atoms. The number of halogens is 3. The van der Waals surface area contributed by atoms with Crippen LogP contribution in [0.5, 0.6) is 0 Å². The van der Waals surface area contributed by atoms with Crippen molar-refractivity contribution in [3.63, 3.8) is 0 Å². The molecule has 1 aromatic rings. The summed E-state index contributed by atoms with van der Waals surface area (Å²) in [7, 11) is 0. The van der Waals surface area contributed by atoms with Crippen molar-refractivity contribution in [1.82, 2.24) is 0 Å². The summed E-state index contributed by atoms with van der Waals surface area (Å²) in [5, 5.41) is 0. The maximum absolute atomic E-state index is 11.9. The number of rotatable bonds is 10. The second kappa shape index (κ2) is 9.66. The molecule has 0 saturated heterocycles. The summed E-state index contributed by atoms with van der Waals surface area (Å²) in [5.74, 6) is 5.36. The van der Waals surface area contributed by atoms with E-state index in [1.54, 1.807) is 0 Å². The standard InChI is InChI=1S/C16H25F3N2/c17-16(18,19)12-7-5-3-1-2-4-6-9-14-10-8-11-15(13-14)21-20/h8,10-11,13,21H,1-7,9,12,20H2. The first-order chi connectivity index (χ1) is 10.0. The SMILES string of the molecule is NNc1cccc(CCCCCCCCCC(F)(F)F)c1. The van der Waals surface area contributed by atoms with Crippen LogP contribution in [0.25, 0.3) is 0 Å². The Hall–Kier alpha value is -1.23. The van der Waals surface area contributed by atoms with Gasteiger partial charge in [0.1, 0.15) is 0 Å². The molecular weight excluding hydrogens is 277 g/mol. The molecule has 0 fully saturated rings. The molecule has 1 rings (SSSR count). The highest BCUT2D eigenvalue weighted by molar-refractivity contribution is 5.44. The molecule has 0 aliphatic heterocycles. The Morgan fingerprint density at radius 3 is 2.14 bits per heavy atom. The van der Waals surface area contributed by atoms with Gasteiger partial charge in [0.15, 0.2) is 0 Å². The molecule has 3 N–H and O–H groups in total. The van der Waals surface area contributed by atoms with Crippen molar-refractivity contribution in [1.29, 1.82) is 0 Å². The molecule has 0 aromatic heterocycles. The topological polar surface area (TPSA) is 38.0 Å². The molecule has 0 bridgehead atoms. The highest BCUT2D eigenvalue weighted by atomic mass is 19.4. The number of anilines is 1. The largest absolute Gasteiger partial charge is 0.389 e. The number of hydrogen-bond acceptors (Lipinski definition) is 2. The summed E-state index contributed by atoms with van der Waals surface area (Å²) < 4.78 is 35.8. The number of alkyl halides is 3. The Morgan fingerprint density at radius 1 is 0.905 bits per heavy atom. The van der Waals surface area contributed by atoms with Gasteiger partial charge in [-0.1, -0.05) is 44.2 Å². The van der Waals surface area contributed by atoms with Crippen LogP contribution in [-0.2, 0) is 6.42 Å². The van der Waals surface area contributed by atoms with Gasteiger partial charge < -0.3 is 5.43 Å². The molecular formula is C16H25F3N2. The van der Waals surface area contributed by atoms with Crippen LogP contribution in [0.1, 0.15) is 56.9 Å². The Bertz CT molecular complexity index is 391. The fourth-order valence-electron chi connectivity index (χ4n) is 2.36. The maximum Gasteiger partial charge on any atom is 0.389 e. The number of nitrogens with two attached hydrogens (primary N) is 1. The quantitative estimate of drug-likeness (QED) is 0.354. The molecule has 2 nitrogen and oxygen atoms in total. The average Bonchev–Trinajstić information content (AvgIpc) is 2.44. The lowest BCUT2D eigenvalue weighted by atomic mass is 10.0. The molecule has 0 aliphatic carbocycles. The van der Waals surface area contributed by atoms with Crippen LogP contribution in [0.2, 0.25) is 0 Å². The van der Waals surface area contributed by atoms with E-state index in [9.17, 15) is 13.2 Å². The Labute approximate surface area is 124 Å². The van der Waals surface area contributed by atoms with Crippen molar-refractivity contribution in [3.8, 4) is 0 Å². The summed E-state index contributed by atoms with van der Waals surface area (Å²) in [6.07, 6.45) is 2.60. The van der Waals surface area contributed by atoms with Crippen molar-refractivity contribution in [3.05, 3.63) is 29.8 Å². The van der Waals surface area contributed by atoms with E-state index < -0.39 is 12.6 Å². The van der Waals surface area contributed by atoms with E-state index in [4.69, 9.17) is 5.84 Å². The lowest BCUT2D eigenvalue weighted by Crippen LogP contribution is -2.06. The van der Waals surface area contributed by atoms with Crippen LogP contribution >= 0.6 is 0 Å². The Balaban J connectivity index is 1.97. The molecule has 120 valence electrons. The van der Waals surface area contributed by atoms with Gasteiger partial charge in [0, 0.05) is 12.1 Å². The van der Waals surface area contributed by atoms with Crippen LogP contribution in [-0.4, -0.2) is 6.18 Å². The van der Waals surface area contributed by atoms with Gasteiger partial charge >= 0.3 is 6.18 Å². The molecule has 0 radical (unpaired) electrons. The molecule has 0 atom stereocenters. The summed E-state index contributed by atoms with van der Waals surface area (Å²) >= 11 is 0. The van der Waals surface area contributed by atoms with E-state index in [1.165, 1.54) is 5.56 Å². The first kappa shape index (κ1) is 17.8. The molecule has 21 heavy (non-hydrogen) atoms. The first-order valence-electron chi connectivity index (χ1n) is 7.63. The average molecular weight is 302 g/mol. The second-order valence-electron chi connectivity index (χ2n) is 5.43. The number of aryl methyl sites for hydroxylation is 1. The van der Waals surface area contributed by atoms with Gasteiger partial charge in [0.2, 0.25) is 0 Å². The van der Waals surface area contributed by atoms with Crippen molar-refractivity contribution < 1.29 is 13.2 Å². The van der Waals surface area contributed by atoms with Gasteiger partial charge in [-0.3, -0.25) is 5.84 Å². The molecule has 0 saturated carbocycles. The zero-order valence-electron chi connectivity index (χ0n) is 12.4. The van der Waals surface area contributed by atoms with Crippen molar-refractivity contribution in [2.75, 3.05) is 5.43 Å². The lowest BCUT2D eigenvalue weighted by molar-refractivity contribution is -0.135. The van der Waals surface area contributed by atoms with Crippen LogP contribution < -0.4 is 11.3 Å². The predicted molar refractivity (Wildman–Crippen MR) is 80.9 cm³/mol. The van der Waals surface area contributed by atoms with E-state index in [1.807, 2.05) is 18.2 Å². The van der Waals surface area contributed by atoms with E-state index in [2.05, 4.69) is 11.5 Å². The number of nitrogens with one attached hydrogen (secondary N) is 1. The van der Waals surface area contributed by atoms with E-state index in [0.29, 0.717) is 6.42 Å². The van der Waals surface area contributed by atoms with Gasteiger partial charge in [-0.15, -0.1) is 0 Å². The highest BCUT2D eigenvalue weighted by Crippen LogP contribution is 2.23. The minimum absolute atomic E-state index is 0.266. The van der Waals surface area contributed by atoms with Gasteiger partial charge in [0.05, 0.1) is 0 Å². The van der Waals surface area contributed by atoms with Crippen LogP contribution in [0, 0.1) is 0 Å². The van der Waals surface area contributed by atoms with Crippen LogP contribution in [0.4, 0.5) is 18.9 Å². The lowest BCUT2D eigenvalue weighted by Gasteiger charge is -2.06. The molecule has 5 heteroatoms. The van der Waals surface area contributed by atoms with Gasteiger partial charge in [-0.25, -0.2) is 0 Å². The minimum atomic E-state index is -3.99. The summed E-state index contributed by atoms with van der Waals surface area (Å²) in [6, 6.07) is 8.02. The zero-order chi connectivity index (χ0) is 15.6. The number of unbranched alkanes of at least 4 members (excludes halogenated alkanes) is 6. The van der Waals surface area contributed by atoms with Crippen LogP contribution in [0.15, 0.2) is 24.3 Å². The number of nitrogen functional groups attached to an aromatic ring is 1. The van der Waals surface area contributed by atoms with Crippen molar-refractivity contribution >= 4 is 5.69 Å². The third kappa shape index (κ3) is 9.34. The molecule has 1 aromatic carbocycles.